The standard InChI is InChI=1S/C22H19FN4O5/c1-12-8-21(32-27-12)26-22(28)25-16-5-4-13(9-15(16)23)31-18-6-7-24-17-11-20(30-3)19(29-2)10-14(17)18/h4-11H,1-3H3,(H2,25,26,28). The zero-order valence-corrected chi connectivity index (χ0v) is 17.4. The number of nitrogens with zero attached hydrogens (tertiary/aromatic N) is 2. The highest BCUT2D eigenvalue weighted by molar-refractivity contribution is 5.99. The van der Waals surface area contributed by atoms with E-state index in [1.54, 1.807) is 31.3 Å². The molecule has 0 atom stereocenters. The van der Waals surface area contributed by atoms with Crippen LogP contribution < -0.4 is 24.8 Å². The number of ether oxygens (including phenoxy) is 3. The number of benzene rings is 2. The molecule has 0 bridgehead atoms. The summed E-state index contributed by atoms with van der Waals surface area (Å²) in [7, 11) is 3.07. The van der Waals surface area contributed by atoms with Crippen LogP contribution in [-0.2, 0) is 0 Å². The van der Waals surface area contributed by atoms with E-state index in [1.807, 2.05) is 0 Å². The number of nitrogens with one attached hydrogen (secondary N) is 2. The molecule has 0 aliphatic heterocycles. The Morgan fingerprint density at radius 3 is 2.47 bits per heavy atom. The minimum Gasteiger partial charge on any atom is -0.493 e. The van der Waals surface area contributed by atoms with Crippen molar-refractivity contribution in [2.45, 2.75) is 6.92 Å². The van der Waals surface area contributed by atoms with E-state index in [0.29, 0.717) is 33.8 Å². The van der Waals surface area contributed by atoms with Crippen molar-refractivity contribution in [1.82, 2.24) is 10.1 Å². The highest BCUT2D eigenvalue weighted by atomic mass is 19.1. The van der Waals surface area contributed by atoms with Gasteiger partial charge in [0.15, 0.2) is 11.5 Å². The molecular weight excluding hydrogens is 419 g/mol. The number of amides is 2. The fourth-order valence-electron chi connectivity index (χ4n) is 3.01. The summed E-state index contributed by atoms with van der Waals surface area (Å²) in [6, 6.07) is 10.1. The Kier molecular flexibility index (Phi) is 5.75. The number of rotatable bonds is 6. The molecule has 164 valence electrons. The van der Waals surface area contributed by atoms with Gasteiger partial charge in [0, 0.05) is 29.8 Å². The van der Waals surface area contributed by atoms with E-state index in [4.69, 9.17) is 18.7 Å². The molecule has 2 heterocycles. The van der Waals surface area contributed by atoms with Crippen LogP contribution in [0, 0.1) is 12.7 Å². The van der Waals surface area contributed by atoms with Gasteiger partial charge < -0.3 is 24.1 Å². The van der Waals surface area contributed by atoms with Crippen LogP contribution in [-0.4, -0.2) is 30.4 Å². The Hall–Kier alpha value is -4.34. The normalized spacial score (nSPS) is 10.6. The van der Waals surface area contributed by atoms with E-state index in [0.717, 1.165) is 0 Å². The molecule has 0 spiro atoms. The van der Waals surface area contributed by atoms with Crippen molar-refractivity contribution in [2.75, 3.05) is 24.9 Å². The van der Waals surface area contributed by atoms with E-state index in [-0.39, 0.29) is 17.3 Å². The maximum atomic E-state index is 14.6. The van der Waals surface area contributed by atoms with E-state index in [9.17, 15) is 9.18 Å². The minimum atomic E-state index is -0.677. The molecule has 10 heteroatoms. The van der Waals surface area contributed by atoms with Gasteiger partial charge in [-0.2, -0.15) is 0 Å². The molecule has 0 fully saturated rings. The van der Waals surface area contributed by atoms with Gasteiger partial charge in [0.2, 0.25) is 5.88 Å². The summed E-state index contributed by atoms with van der Waals surface area (Å²) in [6.45, 7) is 1.71. The van der Waals surface area contributed by atoms with Gasteiger partial charge in [-0.1, -0.05) is 5.16 Å². The Labute approximate surface area is 182 Å². The summed E-state index contributed by atoms with van der Waals surface area (Å²) in [5.41, 5.74) is 1.20. The van der Waals surface area contributed by atoms with Gasteiger partial charge in [-0.15, -0.1) is 0 Å². The SMILES string of the molecule is COc1cc2nccc(Oc3ccc(NC(=O)Nc4cc(C)no4)c(F)c3)c2cc1OC. The summed E-state index contributed by atoms with van der Waals surface area (Å²) >= 11 is 0. The fourth-order valence-corrected chi connectivity index (χ4v) is 3.01. The largest absolute Gasteiger partial charge is 0.493 e. The Balaban J connectivity index is 1.53. The topological polar surface area (TPSA) is 108 Å². The Morgan fingerprint density at radius 2 is 1.78 bits per heavy atom. The van der Waals surface area contributed by atoms with Crippen LogP contribution >= 0.6 is 0 Å². The third kappa shape index (κ3) is 4.38. The third-order valence-corrected chi connectivity index (χ3v) is 4.49. The second-order valence-electron chi connectivity index (χ2n) is 6.69. The number of carbonyl (C=O) groups is 1. The number of aryl methyl sites for hydroxylation is 1. The first-order valence-electron chi connectivity index (χ1n) is 9.46. The van der Waals surface area contributed by atoms with Crippen LogP contribution in [0.1, 0.15) is 5.69 Å². The molecule has 0 unspecified atom stereocenters. The lowest BCUT2D eigenvalue weighted by atomic mass is 10.2. The maximum absolute atomic E-state index is 14.6. The second kappa shape index (κ2) is 8.80. The number of carbonyl (C=O) groups excluding carboxylic acids is 1. The smallest absolute Gasteiger partial charge is 0.326 e. The number of urea groups is 1. The van der Waals surface area contributed by atoms with Gasteiger partial charge in [0.05, 0.1) is 31.1 Å². The van der Waals surface area contributed by atoms with Crippen molar-refractivity contribution in [3.8, 4) is 23.0 Å². The lowest BCUT2D eigenvalue weighted by Gasteiger charge is -2.13. The van der Waals surface area contributed by atoms with Gasteiger partial charge in [0.1, 0.15) is 17.3 Å². The summed E-state index contributed by atoms with van der Waals surface area (Å²) in [6.07, 6.45) is 1.57. The number of aromatic nitrogens is 2. The first-order chi connectivity index (χ1) is 15.5. The molecule has 0 saturated carbocycles. The summed E-state index contributed by atoms with van der Waals surface area (Å²) in [5.74, 6) is 1.21. The van der Waals surface area contributed by atoms with Crippen molar-refractivity contribution >= 4 is 28.5 Å². The summed E-state index contributed by atoms with van der Waals surface area (Å²) in [4.78, 5) is 16.4. The number of pyridine rings is 1. The van der Waals surface area contributed by atoms with Crippen molar-refractivity contribution in [1.29, 1.82) is 0 Å². The number of anilines is 2. The molecule has 2 N–H and O–H groups in total. The molecule has 32 heavy (non-hydrogen) atoms. The van der Waals surface area contributed by atoms with E-state index in [2.05, 4.69) is 20.8 Å². The molecule has 2 aromatic carbocycles. The lowest BCUT2D eigenvalue weighted by Crippen LogP contribution is -2.19. The number of hydrogen-bond donors (Lipinski definition) is 2. The van der Waals surface area contributed by atoms with Crippen LogP contribution in [0.15, 0.2) is 53.2 Å². The molecule has 0 aliphatic rings. The molecule has 4 rings (SSSR count). The highest BCUT2D eigenvalue weighted by Crippen LogP contribution is 2.37. The summed E-state index contributed by atoms with van der Waals surface area (Å²) in [5, 5.41) is 9.16. The van der Waals surface area contributed by atoms with Crippen LogP contribution in [0.3, 0.4) is 0 Å². The molecule has 0 radical (unpaired) electrons. The van der Waals surface area contributed by atoms with Gasteiger partial charge in [0.25, 0.3) is 0 Å². The van der Waals surface area contributed by atoms with Crippen molar-refractivity contribution in [2.24, 2.45) is 0 Å². The molecule has 0 saturated heterocycles. The minimum absolute atomic E-state index is 0.0305. The van der Waals surface area contributed by atoms with E-state index >= 15 is 0 Å². The van der Waals surface area contributed by atoms with Gasteiger partial charge in [-0.05, 0) is 31.2 Å². The average Bonchev–Trinajstić information content (AvgIpc) is 3.19. The average molecular weight is 438 g/mol. The zero-order valence-electron chi connectivity index (χ0n) is 17.4. The van der Waals surface area contributed by atoms with E-state index < -0.39 is 11.8 Å². The molecular formula is C22H19FN4O5. The summed E-state index contributed by atoms with van der Waals surface area (Å²) < 4.78 is 36.0. The predicted molar refractivity (Wildman–Crippen MR) is 115 cm³/mol. The maximum Gasteiger partial charge on any atom is 0.326 e. The first kappa shape index (κ1) is 20.9. The van der Waals surface area contributed by atoms with Crippen LogP contribution in [0.25, 0.3) is 10.9 Å². The van der Waals surface area contributed by atoms with Gasteiger partial charge in [-0.25, -0.2) is 9.18 Å². The van der Waals surface area contributed by atoms with Gasteiger partial charge >= 0.3 is 6.03 Å². The monoisotopic (exact) mass is 438 g/mol. The van der Waals surface area contributed by atoms with Crippen molar-refractivity contribution in [3.05, 3.63) is 60.2 Å². The van der Waals surface area contributed by atoms with Gasteiger partial charge in [-0.3, -0.25) is 10.3 Å². The van der Waals surface area contributed by atoms with Crippen LogP contribution in [0.2, 0.25) is 0 Å². The first-order valence-corrected chi connectivity index (χ1v) is 9.46. The highest BCUT2D eigenvalue weighted by Gasteiger charge is 2.14. The third-order valence-electron chi connectivity index (χ3n) is 4.49. The quantitative estimate of drug-likeness (QED) is 0.430. The van der Waals surface area contributed by atoms with E-state index in [1.165, 1.54) is 38.5 Å². The number of methoxy groups -OCH3 is 2. The molecule has 4 aromatic rings. The lowest BCUT2D eigenvalue weighted by molar-refractivity contribution is 0.261. The zero-order chi connectivity index (χ0) is 22.7. The van der Waals surface area contributed by atoms with Crippen LogP contribution in [0.5, 0.6) is 23.0 Å². The predicted octanol–water partition coefficient (Wildman–Crippen LogP) is 5.12. The second-order valence-corrected chi connectivity index (χ2v) is 6.69. The molecule has 2 aromatic heterocycles. The van der Waals surface area contributed by atoms with Crippen LogP contribution in [0.4, 0.5) is 20.8 Å². The van der Waals surface area contributed by atoms with Crippen molar-refractivity contribution < 1.29 is 27.9 Å². The molecule has 2 amide bonds. The molecule has 9 nitrogen and oxygen atoms in total. The number of halogens is 1. The number of hydrogen-bond acceptors (Lipinski definition) is 7. The van der Waals surface area contributed by atoms with Crippen molar-refractivity contribution in [3.63, 3.8) is 0 Å². The fraction of sp³-hybridized carbons (Fsp3) is 0.136. The number of fused-ring (bicyclic) bond motifs is 1. The molecule has 0 aliphatic carbocycles. The Morgan fingerprint density at radius 1 is 1.00 bits per heavy atom. The Bertz CT molecular complexity index is 1290.